The van der Waals surface area contributed by atoms with Gasteiger partial charge in [0.05, 0.1) is 6.61 Å². The Morgan fingerprint density at radius 1 is 1.42 bits per heavy atom. The van der Waals surface area contributed by atoms with Gasteiger partial charge in [0.25, 0.3) is 0 Å². The second kappa shape index (κ2) is 4.70. The summed E-state index contributed by atoms with van der Waals surface area (Å²) in [6.45, 7) is 2.47. The number of rotatable bonds is 2. The molecule has 0 bridgehead atoms. The smallest absolute Gasteiger partial charge is 0.248 e. The van der Waals surface area contributed by atoms with Gasteiger partial charge in [-0.05, 0) is 29.9 Å². The van der Waals surface area contributed by atoms with Crippen LogP contribution < -0.4 is 5.32 Å². The molecule has 100 valence electrons. The van der Waals surface area contributed by atoms with Gasteiger partial charge in [-0.1, -0.05) is 5.16 Å². The zero-order valence-corrected chi connectivity index (χ0v) is 11.3. The number of nitrogens with one attached hydrogen (secondary N) is 1. The van der Waals surface area contributed by atoms with E-state index in [1.165, 1.54) is 10.4 Å². The molecule has 2 aliphatic heterocycles. The standard InChI is InChI=1S/C13H15N3O2S/c1-4-14-11(9-3-6-19-10(1)9)13-15-12(16-18-13)8-2-5-17-7-8/h3,6,8,11,14H,1-2,4-5,7H2. The molecule has 2 aliphatic rings. The second-order valence-electron chi connectivity index (χ2n) is 4.99. The normalized spacial score (nSPS) is 26.5. The summed E-state index contributed by atoms with van der Waals surface area (Å²) >= 11 is 1.81. The summed E-state index contributed by atoms with van der Waals surface area (Å²) in [4.78, 5) is 6.00. The first-order chi connectivity index (χ1) is 9.42. The van der Waals surface area contributed by atoms with Crippen molar-refractivity contribution in [2.75, 3.05) is 19.8 Å². The molecule has 2 aromatic heterocycles. The van der Waals surface area contributed by atoms with Crippen LogP contribution in [0.3, 0.4) is 0 Å². The summed E-state index contributed by atoms with van der Waals surface area (Å²) in [6.07, 6.45) is 2.07. The van der Waals surface area contributed by atoms with Crippen molar-refractivity contribution < 1.29 is 9.26 Å². The molecule has 1 saturated heterocycles. The van der Waals surface area contributed by atoms with Crippen molar-refractivity contribution in [2.24, 2.45) is 0 Å². The van der Waals surface area contributed by atoms with E-state index in [1.807, 2.05) is 0 Å². The number of fused-ring (bicyclic) bond motifs is 1. The van der Waals surface area contributed by atoms with E-state index in [-0.39, 0.29) is 6.04 Å². The summed E-state index contributed by atoms with van der Waals surface area (Å²) < 4.78 is 10.8. The summed E-state index contributed by atoms with van der Waals surface area (Å²) in [5, 5.41) is 9.72. The Bertz CT molecular complexity index is 574. The predicted octanol–water partition coefficient (Wildman–Crippen LogP) is 1.87. The molecule has 1 N–H and O–H groups in total. The van der Waals surface area contributed by atoms with Gasteiger partial charge in [-0.2, -0.15) is 4.98 Å². The van der Waals surface area contributed by atoms with Crippen LogP contribution in [0.15, 0.2) is 16.0 Å². The molecule has 2 unspecified atom stereocenters. The first kappa shape index (κ1) is 11.6. The van der Waals surface area contributed by atoms with E-state index in [4.69, 9.17) is 9.26 Å². The van der Waals surface area contributed by atoms with Crippen molar-refractivity contribution in [3.8, 4) is 0 Å². The van der Waals surface area contributed by atoms with E-state index in [9.17, 15) is 0 Å². The molecule has 19 heavy (non-hydrogen) atoms. The fourth-order valence-electron chi connectivity index (χ4n) is 2.74. The largest absolute Gasteiger partial charge is 0.381 e. The minimum absolute atomic E-state index is 0.0542. The highest BCUT2D eigenvalue weighted by Crippen LogP contribution is 2.32. The molecule has 0 amide bonds. The van der Waals surface area contributed by atoms with Crippen molar-refractivity contribution in [1.82, 2.24) is 15.5 Å². The zero-order chi connectivity index (χ0) is 12.7. The Morgan fingerprint density at radius 2 is 2.42 bits per heavy atom. The first-order valence-electron chi connectivity index (χ1n) is 6.63. The molecule has 5 nitrogen and oxygen atoms in total. The summed E-state index contributed by atoms with van der Waals surface area (Å²) in [6, 6.07) is 2.21. The van der Waals surface area contributed by atoms with Crippen LogP contribution in [-0.2, 0) is 11.2 Å². The van der Waals surface area contributed by atoms with Crippen LogP contribution in [0.25, 0.3) is 0 Å². The van der Waals surface area contributed by atoms with Gasteiger partial charge < -0.3 is 14.6 Å². The number of nitrogens with zero attached hydrogens (tertiary/aromatic N) is 2. The monoisotopic (exact) mass is 277 g/mol. The van der Waals surface area contributed by atoms with Crippen molar-refractivity contribution in [2.45, 2.75) is 24.8 Å². The Balaban J connectivity index is 1.63. The van der Waals surface area contributed by atoms with Crippen molar-refractivity contribution in [1.29, 1.82) is 0 Å². The topological polar surface area (TPSA) is 60.2 Å². The van der Waals surface area contributed by atoms with Gasteiger partial charge in [-0.15, -0.1) is 11.3 Å². The van der Waals surface area contributed by atoms with Crippen molar-refractivity contribution in [3.63, 3.8) is 0 Å². The lowest BCUT2D eigenvalue weighted by molar-refractivity contribution is 0.192. The fraction of sp³-hybridized carbons (Fsp3) is 0.538. The molecule has 6 heteroatoms. The number of aromatic nitrogens is 2. The van der Waals surface area contributed by atoms with Crippen LogP contribution in [0.1, 0.15) is 40.5 Å². The van der Waals surface area contributed by atoms with E-state index >= 15 is 0 Å². The molecule has 1 fully saturated rings. The number of ether oxygens (including phenoxy) is 1. The van der Waals surface area contributed by atoms with Crippen LogP contribution in [0.2, 0.25) is 0 Å². The molecular weight excluding hydrogens is 262 g/mol. The van der Waals surface area contributed by atoms with Crippen molar-refractivity contribution in [3.05, 3.63) is 33.6 Å². The molecule has 4 heterocycles. The van der Waals surface area contributed by atoms with Gasteiger partial charge in [0.15, 0.2) is 5.82 Å². The molecule has 0 saturated carbocycles. The minimum atomic E-state index is 0.0542. The third-order valence-corrected chi connectivity index (χ3v) is 4.79. The quantitative estimate of drug-likeness (QED) is 0.908. The van der Waals surface area contributed by atoms with Gasteiger partial charge in [0.2, 0.25) is 5.89 Å². The van der Waals surface area contributed by atoms with Crippen LogP contribution in [0, 0.1) is 0 Å². The van der Waals surface area contributed by atoms with Gasteiger partial charge >= 0.3 is 0 Å². The summed E-state index contributed by atoms with van der Waals surface area (Å²) in [5.41, 5.74) is 1.29. The number of thiophene rings is 1. The molecule has 2 atom stereocenters. The minimum Gasteiger partial charge on any atom is -0.381 e. The molecule has 0 radical (unpaired) electrons. The Morgan fingerprint density at radius 3 is 3.32 bits per heavy atom. The van der Waals surface area contributed by atoms with Crippen LogP contribution in [-0.4, -0.2) is 29.9 Å². The highest BCUT2D eigenvalue weighted by atomic mass is 32.1. The third-order valence-electron chi connectivity index (χ3n) is 3.79. The second-order valence-corrected chi connectivity index (χ2v) is 5.99. The predicted molar refractivity (Wildman–Crippen MR) is 70.3 cm³/mol. The lowest BCUT2D eigenvalue weighted by Gasteiger charge is -2.20. The highest BCUT2D eigenvalue weighted by molar-refractivity contribution is 7.10. The molecule has 4 rings (SSSR count). The van der Waals surface area contributed by atoms with E-state index in [1.54, 1.807) is 11.3 Å². The summed E-state index contributed by atoms with van der Waals surface area (Å²) in [7, 11) is 0. The maximum Gasteiger partial charge on any atom is 0.248 e. The summed E-state index contributed by atoms with van der Waals surface area (Å²) in [5.74, 6) is 1.76. The van der Waals surface area contributed by atoms with Crippen LogP contribution >= 0.6 is 11.3 Å². The van der Waals surface area contributed by atoms with Crippen molar-refractivity contribution >= 4 is 11.3 Å². The molecule has 0 spiro atoms. The van der Waals surface area contributed by atoms with E-state index in [2.05, 4.69) is 26.9 Å². The molecule has 0 aromatic carbocycles. The van der Waals surface area contributed by atoms with E-state index < -0.39 is 0 Å². The van der Waals surface area contributed by atoms with Crippen LogP contribution in [0.4, 0.5) is 0 Å². The first-order valence-corrected chi connectivity index (χ1v) is 7.50. The lowest BCUT2D eigenvalue weighted by atomic mass is 10.0. The lowest BCUT2D eigenvalue weighted by Crippen LogP contribution is -2.29. The average Bonchev–Trinajstić information content (AvgIpc) is 3.18. The van der Waals surface area contributed by atoms with Gasteiger partial charge in [-0.25, -0.2) is 0 Å². The number of hydrogen-bond donors (Lipinski definition) is 1. The van der Waals surface area contributed by atoms with Gasteiger partial charge in [0, 0.05) is 23.9 Å². The highest BCUT2D eigenvalue weighted by Gasteiger charge is 2.29. The Hall–Kier alpha value is -1.24. The maximum atomic E-state index is 5.47. The SMILES string of the molecule is c1cc2c(s1)CCNC2c1nc(C2CCOC2)no1. The van der Waals surface area contributed by atoms with E-state index in [0.29, 0.717) is 18.4 Å². The Kier molecular flexibility index (Phi) is 2.86. The average molecular weight is 277 g/mol. The Labute approximate surface area is 115 Å². The molecule has 0 aliphatic carbocycles. The molecule has 2 aromatic rings. The zero-order valence-electron chi connectivity index (χ0n) is 10.5. The van der Waals surface area contributed by atoms with Crippen LogP contribution in [0.5, 0.6) is 0 Å². The van der Waals surface area contributed by atoms with Gasteiger partial charge in [0.1, 0.15) is 6.04 Å². The van der Waals surface area contributed by atoms with E-state index in [0.717, 1.165) is 31.8 Å². The third kappa shape index (κ3) is 2.00. The number of hydrogen-bond acceptors (Lipinski definition) is 6. The molecular formula is C13H15N3O2S. The maximum absolute atomic E-state index is 5.47. The van der Waals surface area contributed by atoms with Gasteiger partial charge in [-0.3, -0.25) is 0 Å². The fourth-order valence-corrected chi connectivity index (χ4v) is 3.66.